The van der Waals surface area contributed by atoms with Crippen LogP contribution in [0.15, 0.2) is 69.2 Å². The fourth-order valence-corrected chi connectivity index (χ4v) is 4.00. The molecule has 0 spiro atoms. The van der Waals surface area contributed by atoms with Crippen LogP contribution in [-0.4, -0.2) is 26.3 Å². The summed E-state index contributed by atoms with van der Waals surface area (Å²) in [6.07, 6.45) is 0. The van der Waals surface area contributed by atoms with Crippen LogP contribution in [0.1, 0.15) is 6.92 Å². The Hall–Kier alpha value is -2.45. The van der Waals surface area contributed by atoms with E-state index >= 15 is 0 Å². The van der Waals surface area contributed by atoms with Crippen molar-refractivity contribution in [3.63, 3.8) is 0 Å². The number of methoxy groups -OCH3 is 1. The number of rotatable bonds is 7. The van der Waals surface area contributed by atoms with Crippen LogP contribution in [0.25, 0.3) is 11.1 Å². The van der Waals surface area contributed by atoms with Crippen LogP contribution in [0, 0.1) is 0 Å². The monoisotopic (exact) mass is 390 g/mol. The number of sulfonamides is 1. The summed E-state index contributed by atoms with van der Waals surface area (Å²) in [6, 6.07) is 11.4. The first-order valence-corrected chi connectivity index (χ1v) is 10.2. The number of benzene rings is 2. The van der Waals surface area contributed by atoms with Gasteiger partial charge in [0.05, 0.1) is 17.7 Å². The van der Waals surface area contributed by atoms with Crippen LogP contribution in [-0.2, 0) is 10.0 Å². The summed E-state index contributed by atoms with van der Waals surface area (Å²) in [5.74, 6) is 1.13. The highest BCUT2D eigenvalue weighted by Gasteiger charge is 2.18. The smallest absolute Gasteiger partial charge is 0.262 e. The van der Waals surface area contributed by atoms with Gasteiger partial charge in [-0.15, -0.1) is 0 Å². The Balaban J connectivity index is 1.89. The number of oxazole rings is 1. The first kappa shape index (κ1) is 18.3. The molecular weight excluding hydrogens is 372 g/mol. The molecule has 1 aromatic heterocycles. The van der Waals surface area contributed by atoms with E-state index in [4.69, 9.17) is 9.15 Å². The maximum Gasteiger partial charge on any atom is 0.262 e. The molecule has 3 aromatic rings. The largest absolute Gasteiger partial charge is 0.495 e. The van der Waals surface area contributed by atoms with E-state index < -0.39 is 10.0 Å². The van der Waals surface area contributed by atoms with Gasteiger partial charge >= 0.3 is 0 Å². The first-order chi connectivity index (χ1) is 12.4. The molecule has 0 radical (unpaired) electrons. The summed E-state index contributed by atoms with van der Waals surface area (Å²) in [7, 11) is -2.30. The molecule has 1 N–H and O–H groups in total. The van der Waals surface area contributed by atoms with E-state index in [2.05, 4.69) is 16.3 Å². The summed E-state index contributed by atoms with van der Waals surface area (Å²) in [5.41, 5.74) is 2.39. The molecule has 3 rings (SSSR count). The number of fused-ring (bicyclic) bond motifs is 1. The van der Waals surface area contributed by atoms with Crippen molar-refractivity contribution in [2.75, 3.05) is 17.6 Å². The van der Waals surface area contributed by atoms with E-state index in [1.54, 1.807) is 30.3 Å². The van der Waals surface area contributed by atoms with Gasteiger partial charge in [-0.05, 0) is 37.3 Å². The molecule has 0 amide bonds. The van der Waals surface area contributed by atoms with Gasteiger partial charge in [0.2, 0.25) is 0 Å². The number of hydrogen-bond acceptors (Lipinski definition) is 6. The summed E-state index contributed by atoms with van der Waals surface area (Å²) < 4.78 is 38.7. The lowest BCUT2D eigenvalue weighted by atomic mass is 10.3. The number of aromatic nitrogens is 1. The molecule has 8 heteroatoms. The Labute approximate surface area is 156 Å². The Morgan fingerprint density at radius 1 is 1.31 bits per heavy atom. The van der Waals surface area contributed by atoms with Crippen LogP contribution < -0.4 is 9.46 Å². The van der Waals surface area contributed by atoms with Gasteiger partial charge in [-0.3, -0.25) is 4.72 Å². The van der Waals surface area contributed by atoms with E-state index in [1.165, 1.54) is 31.0 Å². The van der Waals surface area contributed by atoms with Gasteiger partial charge in [-0.25, -0.2) is 13.4 Å². The fraction of sp³-hybridized carbons (Fsp3) is 0.167. The molecule has 0 unspecified atom stereocenters. The number of ether oxygens (including phenoxy) is 1. The summed E-state index contributed by atoms with van der Waals surface area (Å²) >= 11 is 1.42. The van der Waals surface area contributed by atoms with Crippen LogP contribution in [0.4, 0.5) is 5.69 Å². The number of anilines is 1. The molecule has 1 heterocycles. The second kappa shape index (κ2) is 7.43. The van der Waals surface area contributed by atoms with Crippen molar-refractivity contribution in [3.05, 3.63) is 54.6 Å². The minimum Gasteiger partial charge on any atom is -0.495 e. The minimum atomic E-state index is -3.79. The van der Waals surface area contributed by atoms with Crippen molar-refractivity contribution >= 4 is 38.6 Å². The fourth-order valence-electron chi connectivity index (χ4n) is 2.23. The van der Waals surface area contributed by atoms with Crippen molar-refractivity contribution in [2.24, 2.45) is 0 Å². The van der Waals surface area contributed by atoms with Crippen molar-refractivity contribution in [3.8, 4) is 5.75 Å². The molecule has 0 aliphatic rings. The van der Waals surface area contributed by atoms with Gasteiger partial charge in [-0.2, -0.15) is 0 Å². The summed E-state index contributed by atoms with van der Waals surface area (Å²) in [4.78, 5) is 4.44. The molecule has 0 fully saturated rings. The van der Waals surface area contributed by atoms with Crippen LogP contribution in [0.2, 0.25) is 0 Å². The van der Waals surface area contributed by atoms with E-state index in [0.717, 1.165) is 5.57 Å². The first-order valence-electron chi connectivity index (χ1n) is 7.72. The highest BCUT2D eigenvalue weighted by atomic mass is 32.2. The van der Waals surface area contributed by atoms with Crippen LogP contribution in [0.5, 0.6) is 5.75 Å². The zero-order valence-electron chi connectivity index (χ0n) is 14.4. The highest BCUT2D eigenvalue weighted by Crippen LogP contribution is 2.29. The lowest BCUT2D eigenvalue weighted by Gasteiger charge is -2.11. The molecule has 136 valence electrons. The topological polar surface area (TPSA) is 81.4 Å². The third kappa shape index (κ3) is 4.03. The molecule has 0 aliphatic heterocycles. The van der Waals surface area contributed by atoms with Crippen molar-refractivity contribution in [1.82, 2.24) is 4.98 Å². The number of nitrogens with zero attached hydrogens (tertiary/aromatic N) is 1. The normalized spacial score (nSPS) is 11.5. The summed E-state index contributed by atoms with van der Waals surface area (Å²) in [5, 5.41) is 0.482. The highest BCUT2D eigenvalue weighted by molar-refractivity contribution is 7.99. The second-order valence-corrected chi connectivity index (χ2v) is 8.27. The Kier molecular flexibility index (Phi) is 5.24. The van der Waals surface area contributed by atoms with E-state index in [-0.39, 0.29) is 4.90 Å². The lowest BCUT2D eigenvalue weighted by Crippen LogP contribution is -2.13. The minimum absolute atomic E-state index is 0.0978. The zero-order valence-corrected chi connectivity index (χ0v) is 16.0. The Bertz CT molecular complexity index is 1060. The van der Waals surface area contributed by atoms with Crippen LogP contribution in [0.3, 0.4) is 0 Å². The van der Waals surface area contributed by atoms with Crippen molar-refractivity contribution in [2.45, 2.75) is 17.0 Å². The average molecular weight is 390 g/mol. The predicted molar refractivity (Wildman–Crippen MR) is 103 cm³/mol. The maximum atomic E-state index is 12.7. The quantitative estimate of drug-likeness (QED) is 0.478. The maximum absolute atomic E-state index is 12.7. The molecule has 26 heavy (non-hydrogen) atoms. The van der Waals surface area contributed by atoms with Gasteiger partial charge in [0.1, 0.15) is 11.3 Å². The Morgan fingerprint density at radius 3 is 2.81 bits per heavy atom. The van der Waals surface area contributed by atoms with Crippen LogP contribution >= 0.6 is 11.8 Å². The molecule has 0 saturated carbocycles. The average Bonchev–Trinajstić information content (AvgIpc) is 3.02. The van der Waals surface area contributed by atoms with Crippen molar-refractivity contribution < 1.29 is 17.6 Å². The van der Waals surface area contributed by atoms with E-state index in [1.807, 2.05) is 6.92 Å². The van der Waals surface area contributed by atoms with Gasteiger partial charge in [-0.1, -0.05) is 36.0 Å². The SMILES string of the molecule is C=C(C)CSc1nc2cc(S(=O)(=O)Nc3ccccc3OC)ccc2o1. The number of para-hydroxylation sites is 2. The Morgan fingerprint density at radius 2 is 2.08 bits per heavy atom. The molecular formula is C18H18N2O4S2. The molecule has 0 bridgehead atoms. The standard InChI is InChI=1S/C18H18N2O4S2/c1-12(2)11-25-18-19-15-10-13(8-9-17(15)24-18)26(21,22)20-14-6-4-5-7-16(14)23-3/h4-10,20H,1,11H2,2-3H3. The predicted octanol–water partition coefficient (Wildman–Crippen LogP) is 4.31. The second-order valence-electron chi connectivity index (χ2n) is 5.66. The number of hydrogen-bond donors (Lipinski definition) is 1. The zero-order chi connectivity index (χ0) is 18.7. The molecule has 2 aromatic carbocycles. The number of nitrogens with one attached hydrogen (secondary N) is 1. The number of thioether (sulfide) groups is 1. The lowest BCUT2D eigenvalue weighted by molar-refractivity contribution is 0.417. The van der Waals surface area contributed by atoms with Gasteiger partial charge in [0.15, 0.2) is 5.58 Å². The van der Waals surface area contributed by atoms with E-state index in [0.29, 0.717) is 33.5 Å². The molecule has 0 atom stereocenters. The molecule has 6 nitrogen and oxygen atoms in total. The van der Waals surface area contributed by atoms with Gasteiger partial charge < -0.3 is 9.15 Å². The third-order valence-electron chi connectivity index (χ3n) is 3.44. The van der Waals surface area contributed by atoms with E-state index in [9.17, 15) is 8.42 Å². The molecule has 0 aliphatic carbocycles. The van der Waals surface area contributed by atoms with Gasteiger partial charge in [0, 0.05) is 5.75 Å². The van der Waals surface area contributed by atoms with Gasteiger partial charge in [0.25, 0.3) is 15.2 Å². The summed E-state index contributed by atoms with van der Waals surface area (Å²) in [6.45, 7) is 5.76. The molecule has 0 saturated heterocycles. The third-order valence-corrected chi connectivity index (χ3v) is 5.86. The van der Waals surface area contributed by atoms with Crippen molar-refractivity contribution in [1.29, 1.82) is 0 Å².